The third kappa shape index (κ3) is 1.82. The number of nitrogens with one attached hydrogen (secondary N) is 1. The summed E-state index contributed by atoms with van der Waals surface area (Å²) in [6.07, 6.45) is 2.20. The van der Waals surface area contributed by atoms with Gasteiger partial charge in [0.15, 0.2) is 0 Å². The largest absolute Gasteiger partial charge is 0.491 e. The van der Waals surface area contributed by atoms with Gasteiger partial charge < -0.3 is 15.2 Å². The standard InChI is InChI=1S/C11H15NO2/c13-7-8-14-11-5-1-4-10-9(11)3-2-6-12-10/h1,4-5,12-13H,2-3,6-8H2. The monoisotopic (exact) mass is 193 g/mol. The summed E-state index contributed by atoms with van der Waals surface area (Å²) in [7, 11) is 0. The first-order valence-corrected chi connectivity index (χ1v) is 5.01. The molecule has 1 heterocycles. The molecule has 1 aromatic rings. The van der Waals surface area contributed by atoms with Crippen LogP contribution in [0.5, 0.6) is 5.75 Å². The fraction of sp³-hybridized carbons (Fsp3) is 0.455. The summed E-state index contributed by atoms with van der Waals surface area (Å²) in [6, 6.07) is 6.01. The zero-order valence-corrected chi connectivity index (χ0v) is 8.12. The van der Waals surface area contributed by atoms with E-state index in [0.717, 1.165) is 25.1 Å². The fourth-order valence-electron chi connectivity index (χ4n) is 1.77. The molecule has 0 aromatic heterocycles. The summed E-state index contributed by atoms with van der Waals surface area (Å²) in [6.45, 7) is 1.48. The molecule has 0 spiro atoms. The van der Waals surface area contributed by atoms with Crippen molar-refractivity contribution in [2.75, 3.05) is 25.1 Å². The van der Waals surface area contributed by atoms with E-state index in [9.17, 15) is 0 Å². The second-order valence-corrected chi connectivity index (χ2v) is 3.38. The van der Waals surface area contributed by atoms with Gasteiger partial charge in [-0.05, 0) is 25.0 Å². The summed E-state index contributed by atoms with van der Waals surface area (Å²) in [5, 5.41) is 12.0. The maximum Gasteiger partial charge on any atom is 0.124 e. The van der Waals surface area contributed by atoms with Crippen molar-refractivity contribution in [2.45, 2.75) is 12.8 Å². The van der Waals surface area contributed by atoms with E-state index in [1.54, 1.807) is 0 Å². The molecule has 3 heteroatoms. The number of aliphatic hydroxyl groups excluding tert-OH is 1. The van der Waals surface area contributed by atoms with E-state index in [1.165, 1.54) is 11.3 Å². The van der Waals surface area contributed by atoms with Crippen molar-refractivity contribution in [1.29, 1.82) is 0 Å². The van der Waals surface area contributed by atoms with E-state index in [0.29, 0.717) is 6.61 Å². The van der Waals surface area contributed by atoms with Gasteiger partial charge in [-0.3, -0.25) is 0 Å². The van der Waals surface area contributed by atoms with Gasteiger partial charge in [-0.2, -0.15) is 0 Å². The van der Waals surface area contributed by atoms with Gasteiger partial charge in [-0.25, -0.2) is 0 Å². The number of fused-ring (bicyclic) bond motifs is 1. The average Bonchev–Trinajstić information content (AvgIpc) is 2.26. The van der Waals surface area contributed by atoms with E-state index in [2.05, 4.69) is 11.4 Å². The minimum Gasteiger partial charge on any atom is -0.491 e. The quantitative estimate of drug-likeness (QED) is 0.762. The molecule has 0 amide bonds. The number of rotatable bonds is 3. The van der Waals surface area contributed by atoms with Gasteiger partial charge in [0, 0.05) is 17.8 Å². The lowest BCUT2D eigenvalue weighted by atomic mass is 10.0. The third-order valence-electron chi connectivity index (χ3n) is 2.40. The lowest BCUT2D eigenvalue weighted by Gasteiger charge is -2.20. The van der Waals surface area contributed by atoms with Crippen molar-refractivity contribution in [2.24, 2.45) is 0 Å². The second kappa shape index (κ2) is 4.33. The van der Waals surface area contributed by atoms with E-state index >= 15 is 0 Å². The van der Waals surface area contributed by atoms with Crippen LogP contribution in [0.15, 0.2) is 18.2 Å². The highest BCUT2D eigenvalue weighted by Crippen LogP contribution is 2.30. The van der Waals surface area contributed by atoms with Gasteiger partial charge in [-0.1, -0.05) is 6.07 Å². The highest BCUT2D eigenvalue weighted by molar-refractivity contribution is 5.58. The smallest absolute Gasteiger partial charge is 0.124 e. The van der Waals surface area contributed by atoms with Crippen molar-refractivity contribution in [3.8, 4) is 5.75 Å². The van der Waals surface area contributed by atoms with E-state index in [4.69, 9.17) is 9.84 Å². The second-order valence-electron chi connectivity index (χ2n) is 3.38. The topological polar surface area (TPSA) is 41.5 Å². The van der Waals surface area contributed by atoms with Gasteiger partial charge in [0.05, 0.1) is 6.61 Å². The van der Waals surface area contributed by atoms with Crippen LogP contribution in [0.1, 0.15) is 12.0 Å². The van der Waals surface area contributed by atoms with E-state index < -0.39 is 0 Å². The Labute approximate surface area is 83.7 Å². The molecule has 1 aliphatic heterocycles. The Balaban J connectivity index is 2.21. The molecule has 1 aromatic carbocycles. The molecule has 14 heavy (non-hydrogen) atoms. The molecule has 2 N–H and O–H groups in total. The predicted octanol–water partition coefficient (Wildman–Crippen LogP) is 1.42. The number of hydrogen-bond acceptors (Lipinski definition) is 3. The van der Waals surface area contributed by atoms with Crippen LogP contribution in [0.2, 0.25) is 0 Å². The number of benzene rings is 1. The van der Waals surface area contributed by atoms with Crippen molar-refractivity contribution >= 4 is 5.69 Å². The molecule has 3 nitrogen and oxygen atoms in total. The normalized spacial score (nSPS) is 14.4. The van der Waals surface area contributed by atoms with Crippen LogP contribution >= 0.6 is 0 Å². The number of anilines is 1. The molecular weight excluding hydrogens is 178 g/mol. The van der Waals surface area contributed by atoms with E-state index in [-0.39, 0.29) is 6.61 Å². The van der Waals surface area contributed by atoms with Gasteiger partial charge in [-0.15, -0.1) is 0 Å². The van der Waals surface area contributed by atoms with Gasteiger partial charge in [0.25, 0.3) is 0 Å². The summed E-state index contributed by atoms with van der Waals surface area (Å²) in [5.74, 6) is 0.906. The van der Waals surface area contributed by atoms with Gasteiger partial charge in [0.2, 0.25) is 0 Å². The molecule has 76 valence electrons. The Bertz CT molecular complexity index is 312. The molecule has 0 aliphatic carbocycles. The zero-order valence-electron chi connectivity index (χ0n) is 8.12. The van der Waals surface area contributed by atoms with Crippen molar-refractivity contribution in [3.63, 3.8) is 0 Å². The van der Waals surface area contributed by atoms with Gasteiger partial charge in [0.1, 0.15) is 12.4 Å². The molecule has 0 radical (unpaired) electrons. The number of ether oxygens (including phenoxy) is 1. The van der Waals surface area contributed by atoms with Crippen LogP contribution in [0.25, 0.3) is 0 Å². The fourth-order valence-corrected chi connectivity index (χ4v) is 1.77. The first-order valence-electron chi connectivity index (χ1n) is 5.01. The average molecular weight is 193 g/mol. The van der Waals surface area contributed by atoms with Crippen LogP contribution in [0.3, 0.4) is 0 Å². The van der Waals surface area contributed by atoms with Crippen molar-refractivity contribution in [3.05, 3.63) is 23.8 Å². The third-order valence-corrected chi connectivity index (χ3v) is 2.40. The van der Waals surface area contributed by atoms with Crippen LogP contribution < -0.4 is 10.1 Å². The number of aliphatic hydroxyl groups is 1. The maximum atomic E-state index is 8.69. The summed E-state index contributed by atoms with van der Waals surface area (Å²) in [4.78, 5) is 0. The molecular formula is C11H15NO2. The minimum absolute atomic E-state index is 0.0666. The predicted molar refractivity (Wildman–Crippen MR) is 55.8 cm³/mol. The molecule has 0 atom stereocenters. The first kappa shape index (κ1) is 9.34. The summed E-state index contributed by atoms with van der Waals surface area (Å²) in [5.41, 5.74) is 2.42. The summed E-state index contributed by atoms with van der Waals surface area (Å²) >= 11 is 0. The Hall–Kier alpha value is -1.22. The Morgan fingerprint density at radius 3 is 3.21 bits per heavy atom. The first-order chi connectivity index (χ1) is 6.92. The lowest BCUT2D eigenvalue weighted by molar-refractivity contribution is 0.200. The zero-order chi connectivity index (χ0) is 9.80. The number of hydrogen-bond donors (Lipinski definition) is 2. The van der Waals surface area contributed by atoms with E-state index in [1.807, 2.05) is 12.1 Å². The molecule has 0 fully saturated rings. The van der Waals surface area contributed by atoms with Crippen LogP contribution in [0, 0.1) is 0 Å². The van der Waals surface area contributed by atoms with Crippen LogP contribution in [0.4, 0.5) is 5.69 Å². The van der Waals surface area contributed by atoms with Crippen molar-refractivity contribution < 1.29 is 9.84 Å². The Morgan fingerprint density at radius 2 is 2.36 bits per heavy atom. The highest BCUT2D eigenvalue weighted by Gasteiger charge is 2.12. The Kier molecular flexibility index (Phi) is 2.89. The lowest BCUT2D eigenvalue weighted by Crippen LogP contribution is -2.13. The molecule has 1 aliphatic rings. The highest BCUT2D eigenvalue weighted by atomic mass is 16.5. The molecule has 2 rings (SSSR count). The SMILES string of the molecule is OCCOc1cccc2c1CCCN2. The van der Waals surface area contributed by atoms with Crippen LogP contribution in [-0.4, -0.2) is 24.9 Å². The van der Waals surface area contributed by atoms with Gasteiger partial charge >= 0.3 is 0 Å². The molecule has 0 unspecified atom stereocenters. The molecule has 0 bridgehead atoms. The molecule has 0 saturated heterocycles. The maximum absolute atomic E-state index is 8.69. The summed E-state index contributed by atoms with van der Waals surface area (Å²) < 4.78 is 5.46. The Morgan fingerprint density at radius 1 is 1.43 bits per heavy atom. The minimum atomic E-state index is 0.0666. The van der Waals surface area contributed by atoms with Crippen molar-refractivity contribution in [1.82, 2.24) is 0 Å². The molecule has 0 saturated carbocycles. The van der Waals surface area contributed by atoms with Crippen LogP contribution in [-0.2, 0) is 6.42 Å².